The Balaban J connectivity index is 1.66. The average Bonchev–Trinajstić information content (AvgIpc) is 3.28. The summed E-state index contributed by atoms with van der Waals surface area (Å²) >= 11 is 6.27. The van der Waals surface area contributed by atoms with Gasteiger partial charge in [0.2, 0.25) is 0 Å². The summed E-state index contributed by atoms with van der Waals surface area (Å²) in [6.45, 7) is 5.75. The number of anilines is 1. The molecular weight excluding hydrogens is 388 g/mol. The van der Waals surface area contributed by atoms with Gasteiger partial charge in [-0.25, -0.2) is 9.67 Å². The van der Waals surface area contributed by atoms with E-state index in [2.05, 4.69) is 10.1 Å². The van der Waals surface area contributed by atoms with Crippen molar-refractivity contribution in [3.63, 3.8) is 0 Å². The quantitative estimate of drug-likeness (QED) is 0.470. The van der Waals surface area contributed by atoms with E-state index >= 15 is 0 Å². The normalized spacial score (nSPS) is 11.2. The van der Waals surface area contributed by atoms with Crippen LogP contribution in [-0.2, 0) is 6.42 Å². The van der Waals surface area contributed by atoms with Crippen LogP contribution in [0.3, 0.4) is 0 Å². The number of hydrogen-bond donors (Lipinski definition) is 0. The summed E-state index contributed by atoms with van der Waals surface area (Å²) in [6.07, 6.45) is 0.724. The molecule has 7 heteroatoms. The highest BCUT2D eigenvalue weighted by Gasteiger charge is 2.17. The summed E-state index contributed by atoms with van der Waals surface area (Å²) in [6, 6.07) is 12.9. The van der Waals surface area contributed by atoms with Gasteiger partial charge >= 0.3 is 0 Å². The Hall–Kier alpha value is -3.12. The van der Waals surface area contributed by atoms with Gasteiger partial charge in [0.05, 0.1) is 22.1 Å². The number of carbonyl (C=O) groups excluding carboxylic acids is 1. The Morgan fingerprint density at radius 2 is 2.00 bits per heavy atom. The molecule has 29 heavy (non-hydrogen) atoms. The number of amides is 1. The highest BCUT2D eigenvalue weighted by molar-refractivity contribution is 6.31. The molecule has 0 aliphatic carbocycles. The fourth-order valence-corrected chi connectivity index (χ4v) is 3.40. The zero-order chi connectivity index (χ0) is 20.7. The summed E-state index contributed by atoms with van der Waals surface area (Å²) in [7, 11) is 1.74. The van der Waals surface area contributed by atoms with E-state index < -0.39 is 0 Å². The van der Waals surface area contributed by atoms with Crippen LogP contribution in [-0.4, -0.2) is 27.7 Å². The fourth-order valence-electron chi connectivity index (χ4n) is 3.28. The van der Waals surface area contributed by atoms with Gasteiger partial charge in [-0.1, -0.05) is 24.6 Å². The zero-order valence-electron chi connectivity index (χ0n) is 16.7. The van der Waals surface area contributed by atoms with Gasteiger partial charge in [0.1, 0.15) is 5.52 Å². The standard InChI is InChI=1S/C22H21ClN4O2/c1-5-20-24-18-10-9-16(12-19(18)29-20)26(4)22(28)15-7-6-8-17(11-15)27-14(3)21(23)13(2)25-27/h6-12H,5H2,1-4H3. The summed E-state index contributed by atoms with van der Waals surface area (Å²) in [5.41, 5.74) is 5.13. The second kappa shape index (κ2) is 7.37. The molecule has 4 rings (SSSR count). The third-order valence-corrected chi connectivity index (χ3v) is 5.50. The molecule has 0 unspecified atom stereocenters. The van der Waals surface area contributed by atoms with Crippen LogP contribution < -0.4 is 4.90 Å². The molecule has 4 aromatic rings. The molecule has 0 saturated heterocycles. The lowest BCUT2D eigenvalue weighted by molar-refractivity contribution is 0.0993. The zero-order valence-corrected chi connectivity index (χ0v) is 17.5. The number of halogens is 1. The Labute approximate surface area is 173 Å². The van der Waals surface area contributed by atoms with Gasteiger partial charge in [-0.05, 0) is 44.2 Å². The number of fused-ring (bicyclic) bond motifs is 1. The predicted molar refractivity (Wildman–Crippen MR) is 114 cm³/mol. The highest BCUT2D eigenvalue weighted by Crippen LogP contribution is 2.25. The largest absolute Gasteiger partial charge is 0.441 e. The minimum Gasteiger partial charge on any atom is -0.441 e. The molecule has 0 atom stereocenters. The molecule has 0 N–H and O–H groups in total. The number of hydrogen-bond acceptors (Lipinski definition) is 4. The summed E-state index contributed by atoms with van der Waals surface area (Å²) in [5, 5.41) is 5.10. The van der Waals surface area contributed by atoms with Crippen molar-refractivity contribution in [3.05, 3.63) is 70.3 Å². The molecule has 2 aromatic carbocycles. The van der Waals surface area contributed by atoms with Crippen LogP contribution in [0.2, 0.25) is 5.02 Å². The van der Waals surface area contributed by atoms with Gasteiger partial charge in [0.25, 0.3) is 5.91 Å². The minimum atomic E-state index is -0.131. The molecule has 0 radical (unpaired) electrons. The van der Waals surface area contributed by atoms with E-state index in [0.717, 1.165) is 34.7 Å². The lowest BCUT2D eigenvalue weighted by Crippen LogP contribution is -2.26. The maximum absolute atomic E-state index is 13.1. The number of aryl methyl sites for hydroxylation is 2. The van der Waals surface area contributed by atoms with Crippen molar-refractivity contribution in [3.8, 4) is 5.69 Å². The summed E-state index contributed by atoms with van der Waals surface area (Å²) in [5.74, 6) is 0.552. The van der Waals surface area contributed by atoms with Gasteiger partial charge in [-0.2, -0.15) is 5.10 Å². The van der Waals surface area contributed by atoms with Gasteiger partial charge in [0, 0.05) is 30.8 Å². The predicted octanol–water partition coefficient (Wildman–Crippen LogP) is 5.12. The molecule has 6 nitrogen and oxygen atoms in total. The Kier molecular flexibility index (Phi) is 4.88. The van der Waals surface area contributed by atoms with E-state index in [0.29, 0.717) is 22.1 Å². The molecule has 2 heterocycles. The van der Waals surface area contributed by atoms with Gasteiger partial charge in [0.15, 0.2) is 11.5 Å². The molecule has 0 aliphatic rings. The lowest BCUT2D eigenvalue weighted by atomic mass is 10.1. The average molecular weight is 409 g/mol. The smallest absolute Gasteiger partial charge is 0.258 e. The van der Waals surface area contributed by atoms with Gasteiger partial charge in [-0.3, -0.25) is 4.79 Å². The summed E-state index contributed by atoms with van der Waals surface area (Å²) < 4.78 is 7.48. The number of benzene rings is 2. The van der Waals surface area contributed by atoms with Crippen LogP contribution in [0.4, 0.5) is 5.69 Å². The van der Waals surface area contributed by atoms with E-state index in [1.807, 2.05) is 57.2 Å². The molecule has 0 bridgehead atoms. The van der Waals surface area contributed by atoms with Crippen LogP contribution in [0.25, 0.3) is 16.8 Å². The van der Waals surface area contributed by atoms with Crippen molar-refractivity contribution in [1.82, 2.24) is 14.8 Å². The van der Waals surface area contributed by atoms with E-state index in [4.69, 9.17) is 16.0 Å². The monoisotopic (exact) mass is 408 g/mol. The van der Waals surface area contributed by atoms with Crippen LogP contribution in [0.1, 0.15) is 34.6 Å². The molecule has 0 saturated carbocycles. The van der Waals surface area contributed by atoms with Crippen LogP contribution in [0, 0.1) is 13.8 Å². The number of nitrogens with zero attached hydrogens (tertiary/aromatic N) is 4. The number of aromatic nitrogens is 3. The molecule has 148 valence electrons. The molecule has 0 aliphatic heterocycles. The first-order valence-corrected chi connectivity index (χ1v) is 9.76. The van der Waals surface area contributed by atoms with E-state index in [-0.39, 0.29) is 5.91 Å². The maximum atomic E-state index is 13.1. The Morgan fingerprint density at radius 1 is 1.21 bits per heavy atom. The van der Waals surface area contributed by atoms with Gasteiger partial charge < -0.3 is 9.32 Å². The topological polar surface area (TPSA) is 64.2 Å². The Bertz CT molecular complexity index is 1230. The van der Waals surface area contributed by atoms with Crippen molar-refractivity contribution >= 4 is 34.3 Å². The van der Waals surface area contributed by atoms with Crippen LogP contribution >= 0.6 is 11.6 Å². The second-order valence-electron chi connectivity index (χ2n) is 6.92. The van der Waals surface area contributed by atoms with Crippen molar-refractivity contribution in [2.45, 2.75) is 27.2 Å². The first-order chi connectivity index (χ1) is 13.9. The number of rotatable bonds is 4. The van der Waals surface area contributed by atoms with E-state index in [1.165, 1.54) is 0 Å². The Morgan fingerprint density at radius 3 is 2.69 bits per heavy atom. The first kappa shape index (κ1) is 19.2. The van der Waals surface area contributed by atoms with Gasteiger partial charge in [-0.15, -0.1) is 0 Å². The van der Waals surface area contributed by atoms with Crippen molar-refractivity contribution in [1.29, 1.82) is 0 Å². The third-order valence-electron chi connectivity index (χ3n) is 4.95. The minimum absolute atomic E-state index is 0.131. The molecular formula is C22H21ClN4O2. The maximum Gasteiger partial charge on any atom is 0.258 e. The van der Waals surface area contributed by atoms with E-state index in [1.54, 1.807) is 22.7 Å². The highest BCUT2D eigenvalue weighted by atomic mass is 35.5. The molecule has 2 aromatic heterocycles. The van der Waals surface area contributed by atoms with E-state index in [9.17, 15) is 4.79 Å². The van der Waals surface area contributed by atoms with Crippen LogP contribution in [0.5, 0.6) is 0 Å². The molecule has 0 fully saturated rings. The molecule has 0 spiro atoms. The molecule has 1 amide bonds. The number of carbonyl (C=O) groups is 1. The second-order valence-corrected chi connectivity index (χ2v) is 7.30. The van der Waals surface area contributed by atoms with Crippen molar-refractivity contribution < 1.29 is 9.21 Å². The number of oxazole rings is 1. The SMILES string of the molecule is CCc1nc2ccc(N(C)C(=O)c3cccc(-n4nc(C)c(Cl)c4C)c3)cc2o1. The van der Waals surface area contributed by atoms with Crippen LogP contribution in [0.15, 0.2) is 46.9 Å². The lowest BCUT2D eigenvalue weighted by Gasteiger charge is -2.18. The fraction of sp³-hybridized carbons (Fsp3) is 0.227. The summed E-state index contributed by atoms with van der Waals surface area (Å²) in [4.78, 5) is 19.1. The van der Waals surface area contributed by atoms with Crippen molar-refractivity contribution in [2.24, 2.45) is 0 Å². The third kappa shape index (κ3) is 3.40. The van der Waals surface area contributed by atoms with Crippen molar-refractivity contribution in [2.75, 3.05) is 11.9 Å². The first-order valence-electron chi connectivity index (χ1n) is 9.38.